The lowest BCUT2D eigenvalue weighted by atomic mass is 10.1. The lowest BCUT2D eigenvalue weighted by molar-refractivity contribution is 0.0249. The maximum absolute atomic E-state index is 5.89. The first kappa shape index (κ1) is 20.1. The zero-order valence-corrected chi connectivity index (χ0v) is 15.4. The Bertz CT molecular complexity index is 639. The van der Waals surface area contributed by atoms with Crippen LogP contribution in [0.25, 0.3) is 12.2 Å². The van der Waals surface area contributed by atoms with Crippen molar-refractivity contribution in [2.24, 2.45) is 11.7 Å². The Morgan fingerprint density at radius 3 is 1.77 bits per heavy atom. The molecule has 0 aliphatic heterocycles. The monoisotopic (exact) mass is 351 g/mol. The molecular weight excluding hydrogens is 322 g/mol. The first-order chi connectivity index (χ1) is 12.7. The lowest BCUT2D eigenvalue weighted by Gasteiger charge is -2.17. The topological polar surface area (TPSA) is 44.5 Å². The van der Waals surface area contributed by atoms with E-state index < -0.39 is 0 Å². The van der Waals surface area contributed by atoms with E-state index in [-0.39, 0.29) is 0 Å². The molecule has 0 spiro atoms. The molecule has 0 amide bonds. The van der Waals surface area contributed by atoms with E-state index in [1.165, 1.54) is 0 Å². The predicted octanol–water partition coefficient (Wildman–Crippen LogP) is 4.67. The summed E-state index contributed by atoms with van der Waals surface area (Å²) in [6.07, 6.45) is 4.57. The first-order valence-corrected chi connectivity index (χ1v) is 9.03. The Hall–Kier alpha value is -2.20. The molecule has 138 valence electrons. The van der Waals surface area contributed by atoms with E-state index in [0.717, 1.165) is 28.7 Å². The normalized spacial score (nSPS) is 10.8. The van der Waals surface area contributed by atoms with E-state index in [1.54, 1.807) is 0 Å². The Kier molecular flexibility index (Phi) is 8.84. The highest BCUT2D eigenvalue weighted by molar-refractivity contribution is 5.48. The largest absolute Gasteiger partial charge is 0.376 e. The third-order valence-electron chi connectivity index (χ3n) is 4.19. The molecule has 0 bridgehead atoms. The maximum Gasteiger partial charge on any atom is 0.0717 e. The Morgan fingerprint density at radius 2 is 1.35 bits per heavy atom. The molecule has 26 heavy (non-hydrogen) atoms. The summed E-state index contributed by atoms with van der Waals surface area (Å²) in [4.78, 5) is 0. The van der Waals surface area contributed by atoms with Gasteiger partial charge in [0.25, 0.3) is 0 Å². The Labute approximate surface area is 157 Å². The molecule has 2 N–H and O–H groups in total. The van der Waals surface area contributed by atoms with Crippen LogP contribution in [0.4, 0.5) is 0 Å². The van der Waals surface area contributed by atoms with Gasteiger partial charge in [-0.05, 0) is 47.4 Å². The highest BCUT2D eigenvalue weighted by atomic mass is 16.5. The van der Waals surface area contributed by atoms with Gasteiger partial charge in [-0.3, -0.25) is 0 Å². The van der Waals surface area contributed by atoms with Crippen molar-refractivity contribution in [3.63, 3.8) is 0 Å². The average molecular weight is 351 g/mol. The van der Waals surface area contributed by atoms with Gasteiger partial charge in [0.15, 0.2) is 0 Å². The second-order valence-corrected chi connectivity index (χ2v) is 6.37. The molecule has 0 saturated heterocycles. The van der Waals surface area contributed by atoms with Gasteiger partial charge in [-0.25, -0.2) is 0 Å². The minimum Gasteiger partial charge on any atom is -0.376 e. The van der Waals surface area contributed by atoms with Crippen molar-refractivity contribution in [3.05, 3.63) is 83.9 Å². The van der Waals surface area contributed by atoms with E-state index in [2.05, 4.69) is 37.4 Å². The van der Waals surface area contributed by atoms with E-state index in [1.807, 2.05) is 36.4 Å². The molecular formula is C23H29NO2. The zero-order valence-electron chi connectivity index (χ0n) is 15.4. The van der Waals surface area contributed by atoms with Gasteiger partial charge in [-0.2, -0.15) is 0 Å². The minimum absolute atomic E-state index is 0.296. The van der Waals surface area contributed by atoms with Gasteiger partial charge in [0.05, 0.1) is 26.4 Å². The summed E-state index contributed by atoms with van der Waals surface area (Å²) in [7, 11) is 0. The second-order valence-electron chi connectivity index (χ2n) is 6.37. The highest BCUT2D eigenvalue weighted by Gasteiger charge is 2.09. The number of hydrogen-bond donors (Lipinski definition) is 1. The van der Waals surface area contributed by atoms with Crippen LogP contribution in [0.2, 0.25) is 0 Å². The SMILES string of the molecule is C=Cc1cccc(COCC(CCN)COCc2cccc(C=C)c2)c1. The van der Waals surface area contributed by atoms with E-state index >= 15 is 0 Å². The van der Waals surface area contributed by atoms with Crippen LogP contribution in [-0.2, 0) is 22.7 Å². The third kappa shape index (κ3) is 6.96. The van der Waals surface area contributed by atoms with Crippen LogP contribution in [-0.4, -0.2) is 19.8 Å². The van der Waals surface area contributed by atoms with Crippen LogP contribution in [0, 0.1) is 5.92 Å². The second kappa shape index (κ2) is 11.4. The van der Waals surface area contributed by atoms with Gasteiger partial charge >= 0.3 is 0 Å². The number of nitrogens with two attached hydrogens (primary N) is 1. The Morgan fingerprint density at radius 1 is 0.846 bits per heavy atom. The Balaban J connectivity index is 1.76. The summed E-state index contributed by atoms with van der Waals surface area (Å²) < 4.78 is 11.8. The lowest BCUT2D eigenvalue weighted by Crippen LogP contribution is -2.20. The molecule has 0 aromatic heterocycles. The van der Waals surface area contributed by atoms with Crippen molar-refractivity contribution in [1.29, 1.82) is 0 Å². The van der Waals surface area contributed by atoms with Gasteiger partial charge < -0.3 is 15.2 Å². The molecule has 0 saturated carbocycles. The van der Waals surface area contributed by atoms with E-state index in [4.69, 9.17) is 15.2 Å². The van der Waals surface area contributed by atoms with Gasteiger partial charge in [0.2, 0.25) is 0 Å². The molecule has 2 aromatic rings. The number of benzene rings is 2. The predicted molar refractivity (Wildman–Crippen MR) is 110 cm³/mol. The summed E-state index contributed by atoms with van der Waals surface area (Å²) in [5.74, 6) is 0.296. The molecule has 0 radical (unpaired) electrons. The van der Waals surface area contributed by atoms with E-state index in [0.29, 0.717) is 38.9 Å². The van der Waals surface area contributed by atoms with Crippen molar-refractivity contribution in [2.75, 3.05) is 19.8 Å². The van der Waals surface area contributed by atoms with Crippen LogP contribution in [0.5, 0.6) is 0 Å². The van der Waals surface area contributed by atoms with Gasteiger partial charge in [0, 0.05) is 5.92 Å². The van der Waals surface area contributed by atoms with Crippen LogP contribution in [0.1, 0.15) is 28.7 Å². The van der Waals surface area contributed by atoms with Crippen LogP contribution in [0.3, 0.4) is 0 Å². The summed E-state index contributed by atoms with van der Waals surface area (Å²) in [5.41, 5.74) is 10.2. The van der Waals surface area contributed by atoms with Crippen molar-refractivity contribution in [2.45, 2.75) is 19.6 Å². The minimum atomic E-state index is 0.296. The summed E-state index contributed by atoms with van der Waals surface area (Å²) in [5, 5.41) is 0. The van der Waals surface area contributed by atoms with Crippen molar-refractivity contribution in [3.8, 4) is 0 Å². The quantitative estimate of drug-likeness (QED) is 0.604. The van der Waals surface area contributed by atoms with E-state index in [9.17, 15) is 0 Å². The third-order valence-corrected chi connectivity index (χ3v) is 4.19. The molecule has 0 aliphatic rings. The smallest absolute Gasteiger partial charge is 0.0717 e. The maximum atomic E-state index is 5.89. The molecule has 0 heterocycles. The molecule has 0 fully saturated rings. The fraction of sp³-hybridized carbons (Fsp3) is 0.304. The van der Waals surface area contributed by atoms with Crippen LogP contribution < -0.4 is 5.73 Å². The molecule has 0 unspecified atom stereocenters. The first-order valence-electron chi connectivity index (χ1n) is 9.03. The molecule has 2 rings (SSSR count). The molecule has 0 atom stereocenters. The molecule has 3 nitrogen and oxygen atoms in total. The fourth-order valence-corrected chi connectivity index (χ4v) is 2.76. The molecule has 0 aliphatic carbocycles. The van der Waals surface area contributed by atoms with Gasteiger partial charge in [0.1, 0.15) is 0 Å². The number of hydrogen-bond acceptors (Lipinski definition) is 3. The zero-order chi connectivity index (χ0) is 18.6. The van der Waals surface area contributed by atoms with Crippen molar-refractivity contribution >= 4 is 12.2 Å². The fourth-order valence-electron chi connectivity index (χ4n) is 2.76. The molecule has 2 aromatic carbocycles. The van der Waals surface area contributed by atoms with Gasteiger partial charge in [-0.1, -0.05) is 61.7 Å². The molecule has 3 heteroatoms. The standard InChI is InChI=1S/C23H29NO2/c1-3-19-7-5-9-21(13-19)15-25-17-23(11-12-24)18-26-16-22-10-6-8-20(4-2)14-22/h3-10,13-14,23H,1-2,11-12,15-18,24H2. The summed E-state index contributed by atoms with van der Waals surface area (Å²) in [6.45, 7) is 10.7. The number of ether oxygens (including phenoxy) is 2. The highest BCUT2D eigenvalue weighted by Crippen LogP contribution is 2.12. The summed E-state index contributed by atoms with van der Waals surface area (Å²) in [6, 6.07) is 16.4. The van der Waals surface area contributed by atoms with Crippen LogP contribution >= 0.6 is 0 Å². The number of rotatable bonds is 12. The van der Waals surface area contributed by atoms with Crippen molar-refractivity contribution in [1.82, 2.24) is 0 Å². The van der Waals surface area contributed by atoms with Crippen molar-refractivity contribution < 1.29 is 9.47 Å². The van der Waals surface area contributed by atoms with Crippen LogP contribution in [0.15, 0.2) is 61.7 Å². The van der Waals surface area contributed by atoms with Gasteiger partial charge in [-0.15, -0.1) is 0 Å². The average Bonchev–Trinajstić information content (AvgIpc) is 2.68. The summed E-state index contributed by atoms with van der Waals surface area (Å²) >= 11 is 0.